The minimum atomic E-state index is -4.49. The third kappa shape index (κ3) is 6.34. The van der Waals surface area contributed by atoms with Gasteiger partial charge in [-0.2, -0.15) is 17.5 Å². The van der Waals surface area contributed by atoms with E-state index in [0.29, 0.717) is 22.3 Å². The van der Waals surface area contributed by atoms with Gasteiger partial charge in [0.05, 0.1) is 17.8 Å². The van der Waals surface area contributed by atoms with E-state index in [4.69, 9.17) is 4.42 Å². The number of pyridine rings is 2. The number of alkyl halides is 3. The number of Topliss-reactive ketones (excluding diaryl/α,β-unsaturated/α-hetero) is 1. The lowest BCUT2D eigenvalue weighted by atomic mass is 10.1. The van der Waals surface area contributed by atoms with E-state index in [-0.39, 0.29) is 48.3 Å². The second-order valence-corrected chi connectivity index (χ2v) is 11.4. The van der Waals surface area contributed by atoms with Crippen molar-refractivity contribution in [1.29, 1.82) is 0 Å². The fraction of sp³-hybridized carbons (Fsp3) is 0.296. The zero-order valence-corrected chi connectivity index (χ0v) is 21.3. The molecule has 0 bridgehead atoms. The van der Waals surface area contributed by atoms with Crippen LogP contribution in [0.3, 0.4) is 0 Å². The van der Waals surface area contributed by atoms with Crippen molar-refractivity contribution in [3.8, 4) is 11.3 Å². The van der Waals surface area contributed by atoms with Crippen LogP contribution in [0.15, 0.2) is 70.4 Å². The standard InChI is InChI=1S/C27H23F4N3O4S/c28-21-4-8-25-19(11-21)13-26(38-25)39(36,37)34(15-17-1-2-17)16-23(35)6-5-22-12-18(9-10-32-22)24-7-3-20(14-33-24)27(29,30)31/h3-4,7-14,17H,1-2,5-6,15-16H2. The second-order valence-electron chi connectivity index (χ2n) is 9.49. The van der Waals surface area contributed by atoms with Crippen molar-refractivity contribution in [2.24, 2.45) is 5.92 Å². The highest BCUT2D eigenvalue weighted by atomic mass is 32.2. The fourth-order valence-electron chi connectivity index (χ4n) is 4.13. The molecule has 3 aromatic heterocycles. The zero-order valence-electron chi connectivity index (χ0n) is 20.5. The second kappa shape index (κ2) is 10.5. The summed E-state index contributed by atoms with van der Waals surface area (Å²) in [6.45, 7) is -0.183. The number of rotatable bonds is 10. The third-order valence-corrected chi connectivity index (χ3v) is 8.09. The SMILES string of the molecule is O=C(CCc1cc(-c2ccc(C(F)(F)F)cn2)ccn1)CN(CC1CC1)S(=O)(=O)c1cc2cc(F)ccc2o1. The number of furan rings is 1. The molecule has 1 saturated carbocycles. The number of hydrogen-bond acceptors (Lipinski definition) is 6. The summed E-state index contributed by atoms with van der Waals surface area (Å²) in [5.74, 6) is -0.700. The van der Waals surface area contributed by atoms with Gasteiger partial charge in [-0.25, -0.2) is 12.8 Å². The molecule has 1 fully saturated rings. The minimum Gasteiger partial charge on any atom is -0.443 e. The number of carbonyl (C=O) groups excluding carboxylic acids is 1. The smallest absolute Gasteiger partial charge is 0.417 e. The molecule has 0 radical (unpaired) electrons. The van der Waals surface area contributed by atoms with Crippen LogP contribution in [0.25, 0.3) is 22.2 Å². The maximum atomic E-state index is 13.6. The van der Waals surface area contributed by atoms with E-state index in [1.807, 2.05) is 0 Å². The lowest BCUT2D eigenvalue weighted by Crippen LogP contribution is -2.37. The van der Waals surface area contributed by atoms with E-state index in [9.17, 15) is 30.8 Å². The molecule has 4 aromatic rings. The van der Waals surface area contributed by atoms with Crippen LogP contribution < -0.4 is 0 Å². The first-order valence-electron chi connectivity index (χ1n) is 12.2. The topological polar surface area (TPSA) is 93.4 Å². The van der Waals surface area contributed by atoms with Crippen molar-refractivity contribution >= 4 is 26.8 Å². The molecule has 1 aromatic carbocycles. The van der Waals surface area contributed by atoms with Gasteiger partial charge in [-0.05, 0) is 67.6 Å². The summed E-state index contributed by atoms with van der Waals surface area (Å²) in [4.78, 5) is 21.0. The Bertz CT molecular complexity index is 1610. The van der Waals surface area contributed by atoms with E-state index < -0.39 is 27.6 Å². The molecule has 5 rings (SSSR count). The largest absolute Gasteiger partial charge is 0.443 e. The number of aromatic nitrogens is 2. The van der Waals surface area contributed by atoms with Gasteiger partial charge in [0.2, 0.25) is 5.09 Å². The number of ketones is 1. The van der Waals surface area contributed by atoms with Crippen molar-refractivity contribution < 1.29 is 35.2 Å². The lowest BCUT2D eigenvalue weighted by Gasteiger charge is -2.20. The number of carbonyl (C=O) groups is 1. The highest BCUT2D eigenvalue weighted by molar-refractivity contribution is 7.89. The average Bonchev–Trinajstić information content (AvgIpc) is 3.62. The predicted molar refractivity (Wildman–Crippen MR) is 133 cm³/mol. The van der Waals surface area contributed by atoms with Crippen molar-refractivity contribution in [3.05, 3.63) is 78.0 Å². The van der Waals surface area contributed by atoms with E-state index in [1.165, 1.54) is 36.5 Å². The summed E-state index contributed by atoms with van der Waals surface area (Å²) in [6.07, 6.45) is -0.332. The Kier molecular flexibility index (Phi) is 7.25. The normalized spacial score (nSPS) is 14.3. The highest BCUT2D eigenvalue weighted by Crippen LogP contribution is 2.33. The van der Waals surface area contributed by atoms with Crippen molar-refractivity contribution in [2.75, 3.05) is 13.1 Å². The summed E-state index contributed by atoms with van der Waals surface area (Å²) in [6, 6.07) is 10.4. The molecule has 204 valence electrons. The molecule has 0 saturated heterocycles. The number of sulfonamides is 1. The minimum absolute atomic E-state index is 0.00107. The van der Waals surface area contributed by atoms with Crippen LogP contribution in [0, 0.1) is 11.7 Å². The summed E-state index contributed by atoms with van der Waals surface area (Å²) < 4.78 is 85.3. The first kappa shape index (κ1) is 26.9. The molecule has 1 aliphatic rings. The molecule has 7 nitrogen and oxygen atoms in total. The number of hydrogen-bond donors (Lipinski definition) is 0. The van der Waals surface area contributed by atoms with Gasteiger partial charge in [0.15, 0.2) is 0 Å². The van der Waals surface area contributed by atoms with Crippen LogP contribution >= 0.6 is 0 Å². The van der Waals surface area contributed by atoms with Crippen LogP contribution in [0.5, 0.6) is 0 Å². The molecule has 3 heterocycles. The summed E-state index contributed by atoms with van der Waals surface area (Å²) in [7, 11) is -4.15. The van der Waals surface area contributed by atoms with Gasteiger partial charge in [-0.15, -0.1) is 0 Å². The van der Waals surface area contributed by atoms with Crippen molar-refractivity contribution in [3.63, 3.8) is 0 Å². The predicted octanol–water partition coefficient (Wildman–Crippen LogP) is 5.65. The van der Waals surface area contributed by atoms with Gasteiger partial charge in [0.25, 0.3) is 10.0 Å². The lowest BCUT2D eigenvalue weighted by molar-refractivity contribution is -0.137. The van der Waals surface area contributed by atoms with Crippen LogP contribution in [-0.4, -0.2) is 41.6 Å². The number of fused-ring (bicyclic) bond motifs is 1. The molecule has 0 spiro atoms. The number of benzene rings is 1. The fourth-order valence-corrected chi connectivity index (χ4v) is 5.58. The Morgan fingerprint density at radius 3 is 2.54 bits per heavy atom. The molecular weight excluding hydrogens is 538 g/mol. The Hall–Kier alpha value is -3.64. The maximum absolute atomic E-state index is 13.6. The van der Waals surface area contributed by atoms with E-state index in [1.54, 1.807) is 12.1 Å². The molecule has 0 unspecified atom stereocenters. The van der Waals surface area contributed by atoms with Crippen LogP contribution in [0.1, 0.15) is 30.5 Å². The van der Waals surface area contributed by atoms with Gasteiger partial charge in [0.1, 0.15) is 17.2 Å². The van der Waals surface area contributed by atoms with Gasteiger partial charge >= 0.3 is 6.18 Å². The molecule has 0 N–H and O–H groups in total. The van der Waals surface area contributed by atoms with Gasteiger partial charge in [0, 0.05) is 48.1 Å². The van der Waals surface area contributed by atoms with Crippen molar-refractivity contribution in [1.82, 2.24) is 14.3 Å². The number of nitrogens with zero attached hydrogens (tertiary/aromatic N) is 3. The van der Waals surface area contributed by atoms with Crippen LogP contribution in [0.2, 0.25) is 0 Å². The Morgan fingerprint density at radius 2 is 1.85 bits per heavy atom. The molecule has 12 heteroatoms. The van der Waals surface area contributed by atoms with E-state index >= 15 is 0 Å². The first-order chi connectivity index (χ1) is 18.5. The first-order valence-corrected chi connectivity index (χ1v) is 13.6. The number of halogens is 4. The molecule has 39 heavy (non-hydrogen) atoms. The Balaban J connectivity index is 1.27. The summed E-state index contributed by atoms with van der Waals surface area (Å²) in [5.41, 5.74) is 0.747. The third-order valence-electron chi connectivity index (χ3n) is 6.42. The highest BCUT2D eigenvalue weighted by Gasteiger charge is 2.35. The van der Waals surface area contributed by atoms with Gasteiger partial charge in [-0.1, -0.05) is 0 Å². The summed E-state index contributed by atoms with van der Waals surface area (Å²) in [5, 5.41) is -0.0466. The Morgan fingerprint density at radius 1 is 1.05 bits per heavy atom. The quantitative estimate of drug-likeness (QED) is 0.232. The van der Waals surface area contributed by atoms with Crippen LogP contribution in [-0.2, 0) is 27.4 Å². The summed E-state index contributed by atoms with van der Waals surface area (Å²) >= 11 is 0. The van der Waals surface area contributed by atoms with Crippen LogP contribution in [0.4, 0.5) is 17.6 Å². The van der Waals surface area contributed by atoms with E-state index in [2.05, 4.69) is 9.97 Å². The molecular formula is C27H23F4N3O4S. The molecule has 0 amide bonds. The van der Waals surface area contributed by atoms with Crippen molar-refractivity contribution in [2.45, 2.75) is 37.0 Å². The number of aryl methyl sites for hydroxylation is 1. The van der Waals surface area contributed by atoms with E-state index in [0.717, 1.165) is 29.4 Å². The Labute approximate surface area is 221 Å². The molecule has 0 aliphatic heterocycles. The molecule has 1 aliphatic carbocycles. The maximum Gasteiger partial charge on any atom is 0.417 e. The van der Waals surface area contributed by atoms with Gasteiger partial charge in [-0.3, -0.25) is 14.8 Å². The zero-order chi connectivity index (χ0) is 27.8. The molecule has 0 atom stereocenters. The average molecular weight is 562 g/mol. The monoisotopic (exact) mass is 561 g/mol. The van der Waals surface area contributed by atoms with Gasteiger partial charge < -0.3 is 4.42 Å².